The van der Waals surface area contributed by atoms with E-state index in [0.717, 1.165) is 12.0 Å². The summed E-state index contributed by atoms with van der Waals surface area (Å²) < 4.78 is 26.4. The number of nitrogens with two attached hydrogens (primary N) is 1. The van der Waals surface area contributed by atoms with Gasteiger partial charge in [0.05, 0.1) is 4.90 Å². The summed E-state index contributed by atoms with van der Waals surface area (Å²) in [6.45, 7) is 2.51. The molecule has 7 heteroatoms. The highest BCUT2D eigenvalue weighted by Crippen LogP contribution is 2.30. The Bertz CT molecular complexity index is 598. The predicted octanol–water partition coefficient (Wildman–Crippen LogP) is -0.167. The summed E-state index contributed by atoms with van der Waals surface area (Å²) in [7, 11) is -3.56. The highest BCUT2D eigenvalue weighted by Gasteiger charge is 2.24. The number of hydrogen-bond acceptors (Lipinski definition) is 4. The molecule has 0 fully saturated rings. The van der Waals surface area contributed by atoms with Crippen LogP contribution in [-0.2, 0) is 21.2 Å². The van der Waals surface area contributed by atoms with Crippen LogP contribution in [0, 0.1) is 0 Å². The molecule has 19 heavy (non-hydrogen) atoms. The summed E-state index contributed by atoms with van der Waals surface area (Å²) in [5.41, 5.74) is 6.96. The van der Waals surface area contributed by atoms with E-state index in [2.05, 4.69) is 4.72 Å². The molecule has 0 bridgehead atoms. The second-order valence-electron chi connectivity index (χ2n) is 4.40. The maximum Gasteiger partial charge on any atom is 0.240 e. The Balaban J connectivity index is 2.36. The first-order valence-electron chi connectivity index (χ1n) is 6.06. The Morgan fingerprint density at radius 3 is 2.84 bits per heavy atom. The number of anilines is 1. The molecule has 0 radical (unpaired) electrons. The number of benzene rings is 1. The van der Waals surface area contributed by atoms with Crippen LogP contribution in [0.15, 0.2) is 23.1 Å². The lowest BCUT2D eigenvalue weighted by Gasteiger charge is -2.15. The zero-order chi connectivity index (χ0) is 14.0. The molecule has 1 aromatic carbocycles. The molecule has 6 nitrogen and oxygen atoms in total. The minimum atomic E-state index is -3.56. The molecule has 0 saturated carbocycles. The van der Waals surface area contributed by atoms with Gasteiger partial charge in [-0.1, -0.05) is 6.07 Å². The molecule has 0 saturated heterocycles. The highest BCUT2D eigenvalue weighted by atomic mass is 32.2. The van der Waals surface area contributed by atoms with Crippen LogP contribution in [0.1, 0.15) is 12.5 Å². The van der Waals surface area contributed by atoms with E-state index in [1.165, 1.54) is 6.92 Å². The number of sulfonamides is 1. The summed E-state index contributed by atoms with van der Waals surface area (Å²) in [6.07, 6.45) is 0.755. The third-order valence-electron chi connectivity index (χ3n) is 3.08. The molecular weight excluding hydrogens is 266 g/mol. The van der Waals surface area contributed by atoms with Crippen LogP contribution in [0.4, 0.5) is 5.69 Å². The number of carbonyl (C=O) groups is 1. The quantitative estimate of drug-likeness (QED) is 0.802. The molecule has 1 aliphatic rings. The number of nitrogens with zero attached hydrogens (tertiary/aromatic N) is 1. The maximum absolute atomic E-state index is 12.0. The fourth-order valence-corrected chi connectivity index (χ4v) is 3.20. The van der Waals surface area contributed by atoms with Crippen molar-refractivity contribution in [2.45, 2.75) is 18.2 Å². The van der Waals surface area contributed by atoms with Gasteiger partial charge in [-0.25, -0.2) is 13.1 Å². The molecule has 0 unspecified atom stereocenters. The van der Waals surface area contributed by atoms with Crippen LogP contribution in [0.3, 0.4) is 0 Å². The number of nitrogens with one attached hydrogen (secondary N) is 1. The Morgan fingerprint density at radius 2 is 2.21 bits per heavy atom. The number of fused-ring (bicyclic) bond motifs is 1. The van der Waals surface area contributed by atoms with Crippen molar-refractivity contribution in [3.8, 4) is 0 Å². The minimum Gasteiger partial charge on any atom is -0.329 e. The molecule has 1 heterocycles. The Morgan fingerprint density at radius 1 is 1.47 bits per heavy atom. The molecule has 1 aliphatic heterocycles. The molecule has 0 spiro atoms. The first kappa shape index (κ1) is 14.0. The van der Waals surface area contributed by atoms with Gasteiger partial charge in [0.2, 0.25) is 15.9 Å². The molecule has 0 aliphatic carbocycles. The maximum atomic E-state index is 12.0. The van der Waals surface area contributed by atoms with Crippen LogP contribution in [0.5, 0.6) is 0 Å². The van der Waals surface area contributed by atoms with E-state index in [4.69, 9.17) is 5.73 Å². The van der Waals surface area contributed by atoms with Gasteiger partial charge in [-0.3, -0.25) is 4.79 Å². The summed E-state index contributed by atoms with van der Waals surface area (Å²) in [5, 5.41) is 0. The van der Waals surface area contributed by atoms with Crippen molar-refractivity contribution in [1.29, 1.82) is 0 Å². The average molecular weight is 283 g/mol. The lowest BCUT2D eigenvalue weighted by atomic mass is 10.2. The van der Waals surface area contributed by atoms with E-state index < -0.39 is 10.0 Å². The van der Waals surface area contributed by atoms with Crippen molar-refractivity contribution in [3.05, 3.63) is 23.8 Å². The van der Waals surface area contributed by atoms with E-state index in [9.17, 15) is 13.2 Å². The van der Waals surface area contributed by atoms with E-state index in [1.807, 2.05) is 0 Å². The van der Waals surface area contributed by atoms with Gasteiger partial charge in [-0.15, -0.1) is 0 Å². The van der Waals surface area contributed by atoms with E-state index in [0.29, 0.717) is 12.2 Å². The van der Waals surface area contributed by atoms with Gasteiger partial charge in [-0.2, -0.15) is 0 Å². The molecule has 0 aromatic heterocycles. The van der Waals surface area contributed by atoms with Gasteiger partial charge in [0.25, 0.3) is 0 Å². The first-order chi connectivity index (χ1) is 8.95. The van der Waals surface area contributed by atoms with E-state index in [1.54, 1.807) is 23.1 Å². The molecule has 104 valence electrons. The van der Waals surface area contributed by atoms with Gasteiger partial charge >= 0.3 is 0 Å². The molecule has 0 atom stereocenters. The number of carbonyl (C=O) groups excluding carboxylic acids is 1. The third kappa shape index (κ3) is 2.78. The molecule has 1 aromatic rings. The highest BCUT2D eigenvalue weighted by molar-refractivity contribution is 7.89. The van der Waals surface area contributed by atoms with Gasteiger partial charge in [0.1, 0.15) is 0 Å². The Kier molecular flexibility index (Phi) is 3.88. The smallest absolute Gasteiger partial charge is 0.240 e. The normalized spacial score (nSPS) is 14.5. The van der Waals surface area contributed by atoms with Gasteiger partial charge in [0.15, 0.2) is 0 Å². The van der Waals surface area contributed by atoms with Crippen molar-refractivity contribution in [2.75, 3.05) is 24.5 Å². The largest absolute Gasteiger partial charge is 0.329 e. The molecule has 2 rings (SSSR count). The van der Waals surface area contributed by atoms with Gasteiger partial charge < -0.3 is 10.6 Å². The lowest BCUT2D eigenvalue weighted by Crippen LogP contribution is -2.29. The van der Waals surface area contributed by atoms with Crippen LogP contribution in [0.2, 0.25) is 0 Å². The van der Waals surface area contributed by atoms with Crippen LogP contribution in [0.25, 0.3) is 0 Å². The van der Waals surface area contributed by atoms with Crippen molar-refractivity contribution in [2.24, 2.45) is 5.73 Å². The van der Waals surface area contributed by atoms with Crippen molar-refractivity contribution in [1.82, 2.24) is 4.72 Å². The SMILES string of the molecule is CC(=O)N1CCc2ccc(S(=O)(=O)NCCN)cc21. The standard InChI is InChI=1S/C12H17N3O3S/c1-9(16)15-7-4-10-2-3-11(8-12(10)15)19(17,18)14-6-5-13/h2-3,8,14H,4-7,13H2,1H3. The van der Waals surface area contributed by atoms with Crippen molar-refractivity contribution in [3.63, 3.8) is 0 Å². The second-order valence-corrected chi connectivity index (χ2v) is 6.16. The Hall–Kier alpha value is -1.44. The van der Waals surface area contributed by atoms with Gasteiger partial charge in [0, 0.05) is 32.2 Å². The fourth-order valence-electron chi connectivity index (χ4n) is 2.13. The zero-order valence-electron chi connectivity index (χ0n) is 10.7. The third-order valence-corrected chi connectivity index (χ3v) is 4.54. The van der Waals surface area contributed by atoms with E-state index >= 15 is 0 Å². The van der Waals surface area contributed by atoms with Crippen molar-refractivity contribution < 1.29 is 13.2 Å². The van der Waals surface area contributed by atoms with Gasteiger partial charge in [-0.05, 0) is 24.1 Å². The van der Waals surface area contributed by atoms with E-state index in [-0.39, 0.29) is 23.9 Å². The monoisotopic (exact) mass is 283 g/mol. The molecule has 3 N–H and O–H groups in total. The number of rotatable bonds is 4. The topological polar surface area (TPSA) is 92.5 Å². The Labute approximate surface area is 112 Å². The summed E-state index contributed by atoms with van der Waals surface area (Å²) in [5.74, 6) is -0.0804. The zero-order valence-corrected chi connectivity index (χ0v) is 11.5. The van der Waals surface area contributed by atoms with Crippen molar-refractivity contribution >= 4 is 21.6 Å². The van der Waals surface area contributed by atoms with Crippen LogP contribution in [-0.4, -0.2) is 34.0 Å². The number of hydrogen-bond donors (Lipinski definition) is 2. The summed E-state index contributed by atoms with van der Waals surface area (Å²) in [6, 6.07) is 4.86. The first-order valence-corrected chi connectivity index (χ1v) is 7.55. The summed E-state index contributed by atoms with van der Waals surface area (Å²) in [4.78, 5) is 13.2. The summed E-state index contributed by atoms with van der Waals surface area (Å²) >= 11 is 0. The minimum absolute atomic E-state index is 0.0804. The van der Waals surface area contributed by atoms with Crippen LogP contribution >= 0.6 is 0 Å². The van der Waals surface area contributed by atoms with Crippen LogP contribution < -0.4 is 15.4 Å². The molecular formula is C12H17N3O3S. The number of amides is 1. The fraction of sp³-hybridized carbons (Fsp3) is 0.417. The second kappa shape index (κ2) is 5.28. The molecule has 1 amide bonds. The average Bonchev–Trinajstić information content (AvgIpc) is 2.79. The predicted molar refractivity (Wildman–Crippen MR) is 72.4 cm³/mol. The lowest BCUT2D eigenvalue weighted by molar-refractivity contribution is -0.116.